The van der Waals surface area contributed by atoms with Crippen LogP contribution in [0.15, 0.2) is 12.1 Å². The fourth-order valence-corrected chi connectivity index (χ4v) is 1.95. The molecule has 0 bridgehead atoms. The number of likely N-dealkylation sites (N-methyl/N-ethyl adjacent to an activating group) is 1. The lowest BCUT2D eigenvalue weighted by Gasteiger charge is -2.28. The van der Waals surface area contributed by atoms with Gasteiger partial charge < -0.3 is 10.6 Å². The number of anilines is 1. The van der Waals surface area contributed by atoms with Crippen molar-refractivity contribution in [3.8, 4) is 0 Å². The molecule has 2 heteroatoms. The number of nitrogens with one attached hydrogen (secondary N) is 2. The summed E-state index contributed by atoms with van der Waals surface area (Å²) in [5, 5.41) is 6.80. The Morgan fingerprint density at radius 2 is 1.56 bits per heavy atom. The van der Waals surface area contributed by atoms with E-state index < -0.39 is 0 Å². The summed E-state index contributed by atoms with van der Waals surface area (Å²) in [7, 11) is 1.98. The van der Waals surface area contributed by atoms with Crippen LogP contribution in [0.4, 0.5) is 5.69 Å². The fraction of sp³-hybridized carbons (Fsp3) is 0.571. The first kappa shape index (κ1) is 13.0. The number of benzene rings is 1. The van der Waals surface area contributed by atoms with Crippen molar-refractivity contribution < 1.29 is 0 Å². The molecule has 0 aliphatic carbocycles. The Bertz CT molecular complexity index is 367. The number of rotatable bonds is 4. The predicted octanol–water partition coefficient (Wildman–Crippen LogP) is 3.02. The number of hydrogen-bond donors (Lipinski definition) is 2. The highest BCUT2D eigenvalue weighted by Crippen LogP contribution is 2.23. The molecule has 2 N–H and O–H groups in total. The Hall–Kier alpha value is -1.02. The van der Waals surface area contributed by atoms with Gasteiger partial charge in [0, 0.05) is 17.8 Å². The summed E-state index contributed by atoms with van der Waals surface area (Å²) in [5.41, 5.74) is 5.32. The average Bonchev–Trinajstić information content (AvgIpc) is 2.13. The SMILES string of the molecule is CNCC(C)(C)Nc1cc(C)c(C)cc1C. The molecule has 2 nitrogen and oxygen atoms in total. The van der Waals surface area contributed by atoms with Crippen molar-refractivity contribution in [2.24, 2.45) is 0 Å². The van der Waals surface area contributed by atoms with Crippen LogP contribution in [-0.4, -0.2) is 19.1 Å². The smallest absolute Gasteiger partial charge is 0.0441 e. The second kappa shape index (κ2) is 4.88. The van der Waals surface area contributed by atoms with E-state index in [1.165, 1.54) is 22.4 Å². The van der Waals surface area contributed by atoms with Crippen molar-refractivity contribution in [3.63, 3.8) is 0 Å². The van der Waals surface area contributed by atoms with Gasteiger partial charge in [0.1, 0.15) is 0 Å². The Morgan fingerprint density at radius 3 is 2.12 bits per heavy atom. The maximum Gasteiger partial charge on any atom is 0.0441 e. The molecule has 1 rings (SSSR count). The van der Waals surface area contributed by atoms with Crippen molar-refractivity contribution >= 4 is 5.69 Å². The summed E-state index contributed by atoms with van der Waals surface area (Å²) >= 11 is 0. The third-order valence-corrected chi connectivity index (χ3v) is 2.93. The molecule has 0 aliphatic heterocycles. The van der Waals surface area contributed by atoms with Crippen molar-refractivity contribution in [2.45, 2.75) is 40.2 Å². The van der Waals surface area contributed by atoms with Gasteiger partial charge in [0.2, 0.25) is 0 Å². The lowest BCUT2D eigenvalue weighted by molar-refractivity contribution is 0.530. The summed E-state index contributed by atoms with van der Waals surface area (Å²) in [6.07, 6.45) is 0. The van der Waals surface area contributed by atoms with Crippen LogP contribution in [0.25, 0.3) is 0 Å². The summed E-state index contributed by atoms with van der Waals surface area (Å²) in [6, 6.07) is 4.48. The van der Waals surface area contributed by atoms with E-state index in [0.717, 1.165) is 6.54 Å². The highest BCUT2D eigenvalue weighted by Gasteiger charge is 2.17. The van der Waals surface area contributed by atoms with Crippen molar-refractivity contribution in [3.05, 3.63) is 28.8 Å². The molecule has 90 valence electrons. The van der Waals surface area contributed by atoms with E-state index in [9.17, 15) is 0 Å². The van der Waals surface area contributed by atoms with Crippen LogP contribution in [0.3, 0.4) is 0 Å². The molecule has 0 saturated heterocycles. The monoisotopic (exact) mass is 220 g/mol. The van der Waals surface area contributed by atoms with Gasteiger partial charge in [-0.15, -0.1) is 0 Å². The molecule has 0 aliphatic rings. The van der Waals surface area contributed by atoms with Gasteiger partial charge in [-0.25, -0.2) is 0 Å². The van der Waals surface area contributed by atoms with Gasteiger partial charge in [-0.3, -0.25) is 0 Å². The maximum absolute atomic E-state index is 3.59. The summed E-state index contributed by atoms with van der Waals surface area (Å²) in [4.78, 5) is 0. The lowest BCUT2D eigenvalue weighted by Crippen LogP contribution is -2.40. The second-order valence-corrected chi connectivity index (χ2v) is 5.29. The van der Waals surface area contributed by atoms with Crippen LogP contribution >= 0.6 is 0 Å². The third kappa shape index (κ3) is 3.24. The molecule has 0 atom stereocenters. The van der Waals surface area contributed by atoms with Crippen molar-refractivity contribution in [2.75, 3.05) is 18.9 Å². The first-order valence-corrected chi connectivity index (χ1v) is 5.86. The third-order valence-electron chi connectivity index (χ3n) is 2.93. The molecule has 0 fully saturated rings. The van der Waals surface area contributed by atoms with Gasteiger partial charge >= 0.3 is 0 Å². The van der Waals surface area contributed by atoms with E-state index in [1.54, 1.807) is 0 Å². The molecule has 0 heterocycles. The highest BCUT2D eigenvalue weighted by molar-refractivity contribution is 5.56. The minimum absolute atomic E-state index is 0.0706. The van der Waals surface area contributed by atoms with Gasteiger partial charge in [0.15, 0.2) is 0 Å². The van der Waals surface area contributed by atoms with Gasteiger partial charge in [-0.2, -0.15) is 0 Å². The lowest BCUT2D eigenvalue weighted by atomic mass is 10.0. The second-order valence-electron chi connectivity index (χ2n) is 5.29. The first-order chi connectivity index (χ1) is 7.35. The summed E-state index contributed by atoms with van der Waals surface area (Å²) < 4.78 is 0. The van der Waals surface area contributed by atoms with E-state index in [0.29, 0.717) is 0 Å². The van der Waals surface area contributed by atoms with Crippen LogP contribution in [0.1, 0.15) is 30.5 Å². The van der Waals surface area contributed by atoms with E-state index >= 15 is 0 Å². The zero-order valence-electron chi connectivity index (χ0n) is 11.4. The van der Waals surface area contributed by atoms with Crippen molar-refractivity contribution in [1.29, 1.82) is 0 Å². The van der Waals surface area contributed by atoms with E-state index in [2.05, 4.69) is 57.4 Å². The van der Waals surface area contributed by atoms with Gasteiger partial charge in [-0.05, 0) is 64.4 Å². The van der Waals surface area contributed by atoms with Crippen LogP contribution in [0, 0.1) is 20.8 Å². The van der Waals surface area contributed by atoms with Crippen LogP contribution in [-0.2, 0) is 0 Å². The fourth-order valence-electron chi connectivity index (χ4n) is 1.95. The Morgan fingerprint density at radius 1 is 1.00 bits per heavy atom. The molecule has 0 aromatic heterocycles. The largest absolute Gasteiger partial charge is 0.379 e. The van der Waals surface area contributed by atoms with Crippen LogP contribution in [0.5, 0.6) is 0 Å². The standard InChI is InChI=1S/C14H24N2/c1-10-7-12(3)13(8-11(10)2)16-14(4,5)9-15-6/h7-8,15-16H,9H2,1-6H3. The van der Waals surface area contributed by atoms with Gasteiger partial charge in [-0.1, -0.05) is 6.07 Å². The molecule has 1 aromatic carbocycles. The summed E-state index contributed by atoms with van der Waals surface area (Å²) in [6.45, 7) is 11.8. The predicted molar refractivity (Wildman–Crippen MR) is 72.3 cm³/mol. The highest BCUT2D eigenvalue weighted by atomic mass is 15.0. The van der Waals surface area contributed by atoms with Crippen LogP contribution < -0.4 is 10.6 Å². The molecule has 1 aromatic rings. The Labute approximate surface area is 99.5 Å². The molecule has 0 saturated carbocycles. The minimum Gasteiger partial charge on any atom is -0.379 e. The topological polar surface area (TPSA) is 24.1 Å². The molecule has 0 radical (unpaired) electrons. The Kier molecular flexibility index (Phi) is 3.98. The average molecular weight is 220 g/mol. The number of aryl methyl sites for hydroxylation is 3. The van der Waals surface area contributed by atoms with Crippen LogP contribution in [0.2, 0.25) is 0 Å². The van der Waals surface area contributed by atoms with E-state index in [-0.39, 0.29) is 5.54 Å². The molecular formula is C14H24N2. The van der Waals surface area contributed by atoms with E-state index in [4.69, 9.17) is 0 Å². The van der Waals surface area contributed by atoms with Gasteiger partial charge in [0.05, 0.1) is 0 Å². The van der Waals surface area contributed by atoms with Crippen molar-refractivity contribution in [1.82, 2.24) is 5.32 Å². The Balaban J connectivity index is 2.93. The quantitative estimate of drug-likeness (QED) is 0.815. The molecule has 0 unspecified atom stereocenters. The molecule has 16 heavy (non-hydrogen) atoms. The van der Waals surface area contributed by atoms with E-state index in [1.807, 2.05) is 7.05 Å². The first-order valence-electron chi connectivity index (χ1n) is 5.86. The number of hydrogen-bond acceptors (Lipinski definition) is 2. The summed E-state index contributed by atoms with van der Waals surface area (Å²) in [5.74, 6) is 0. The molecular weight excluding hydrogens is 196 g/mol. The normalized spacial score (nSPS) is 11.6. The minimum atomic E-state index is 0.0706. The zero-order chi connectivity index (χ0) is 12.3. The van der Waals surface area contributed by atoms with Gasteiger partial charge in [0.25, 0.3) is 0 Å². The molecule has 0 spiro atoms. The maximum atomic E-state index is 3.59. The molecule has 0 amide bonds. The zero-order valence-corrected chi connectivity index (χ0v) is 11.4.